The lowest BCUT2D eigenvalue weighted by Gasteiger charge is -2.02. The van der Waals surface area contributed by atoms with Crippen molar-refractivity contribution in [1.82, 2.24) is 0 Å². The molecule has 0 saturated heterocycles. The second kappa shape index (κ2) is 4.96. The van der Waals surface area contributed by atoms with Crippen LogP contribution in [0.3, 0.4) is 0 Å². The van der Waals surface area contributed by atoms with Gasteiger partial charge >= 0.3 is 0 Å². The Balaban J connectivity index is 3.01. The maximum atomic E-state index is 12.7. The Kier molecular flexibility index (Phi) is 3.89. The lowest BCUT2D eigenvalue weighted by atomic mass is 10.2. The van der Waals surface area contributed by atoms with Crippen LogP contribution in [-0.2, 0) is 0 Å². The first-order valence-corrected chi connectivity index (χ1v) is 5.40. The lowest BCUT2D eigenvalue weighted by Crippen LogP contribution is -1.94. The van der Waals surface area contributed by atoms with Crippen LogP contribution in [0.1, 0.15) is 12.5 Å². The van der Waals surface area contributed by atoms with Crippen LogP contribution in [-0.4, -0.2) is 11.3 Å². The first kappa shape index (κ1) is 11.0. The molecule has 1 nitrogen and oxygen atoms in total. The lowest BCUT2D eigenvalue weighted by molar-refractivity contribution is 0.628. The molecule has 0 aliphatic heterocycles. The molecule has 0 spiro atoms. The quantitative estimate of drug-likeness (QED) is 0.536. The fraction of sp³-hybridized carbons (Fsp3) is 0.182. The highest BCUT2D eigenvalue weighted by atomic mass is 32.2. The van der Waals surface area contributed by atoms with Crippen LogP contribution in [0.15, 0.2) is 41.5 Å². The molecule has 3 heteroatoms. The Morgan fingerprint density at radius 1 is 1.36 bits per heavy atom. The van der Waals surface area contributed by atoms with Crippen molar-refractivity contribution < 1.29 is 4.39 Å². The van der Waals surface area contributed by atoms with Crippen molar-refractivity contribution in [2.24, 2.45) is 4.99 Å². The minimum Gasteiger partial charge on any atom is -0.247 e. The highest BCUT2D eigenvalue weighted by molar-refractivity contribution is 8.13. The van der Waals surface area contributed by atoms with E-state index in [2.05, 4.69) is 11.6 Å². The third-order valence-electron chi connectivity index (χ3n) is 1.58. The number of allylic oxidation sites excluding steroid dienone is 1. The van der Waals surface area contributed by atoms with E-state index in [4.69, 9.17) is 0 Å². The van der Waals surface area contributed by atoms with E-state index in [0.29, 0.717) is 0 Å². The summed E-state index contributed by atoms with van der Waals surface area (Å²) in [7, 11) is 0. The van der Waals surface area contributed by atoms with Gasteiger partial charge in [0.05, 0.1) is 0 Å². The Hall–Kier alpha value is -1.09. The molecular formula is C11H12FNS. The molecule has 0 saturated carbocycles. The summed E-state index contributed by atoms with van der Waals surface area (Å²) in [5.41, 5.74) is 1.67. The molecule has 0 bridgehead atoms. The van der Waals surface area contributed by atoms with Gasteiger partial charge in [0.15, 0.2) is 0 Å². The van der Waals surface area contributed by atoms with Gasteiger partial charge in [0.2, 0.25) is 0 Å². The molecule has 74 valence electrons. The Bertz CT molecular complexity index is 354. The number of hydrogen-bond acceptors (Lipinski definition) is 2. The monoisotopic (exact) mass is 209 g/mol. The maximum absolute atomic E-state index is 12.7. The van der Waals surface area contributed by atoms with Gasteiger partial charge in [0.1, 0.15) is 10.9 Å². The molecule has 0 N–H and O–H groups in total. The zero-order chi connectivity index (χ0) is 10.6. The fourth-order valence-electron chi connectivity index (χ4n) is 0.994. The van der Waals surface area contributed by atoms with Crippen LogP contribution in [0.4, 0.5) is 4.39 Å². The van der Waals surface area contributed by atoms with Gasteiger partial charge in [0, 0.05) is 11.3 Å². The fourth-order valence-corrected chi connectivity index (χ4v) is 1.61. The van der Waals surface area contributed by atoms with Crippen molar-refractivity contribution in [2.75, 3.05) is 6.26 Å². The van der Waals surface area contributed by atoms with E-state index in [1.54, 1.807) is 12.1 Å². The molecule has 1 aromatic carbocycles. The van der Waals surface area contributed by atoms with Crippen LogP contribution in [0.5, 0.6) is 0 Å². The van der Waals surface area contributed by atoms with Gasteiger partial charge in [-0.15, -0.1) is 11.8 Å². The predicted octanol–water partition coefficient (Wildman–Crippen LogP) is 3.47. The molecule has 0 unspecified atom stereocenters. The molecule has 0 atom stereocenters. The molecule has 1 aromatic rings. The van der Waals surface area contributed by atoms with Crippen molar-refractivity contribution in [1.29, 1.82) is 0 Å². The Labute approximate surface area is 87.8 Å². The molecule has 0 amide bonds. The van der Waals surface area contributed by atoms with Gasteiger partial charge < -0.3 is 0 Å². The summed E-state index contributed by atoms with van der Waals surface area (Å²) in [6, 6.07) is 6.29. The average molecular weight is 209 g/mol. The highest BCUT2D eigenvalue weighted by Gasteiger charge is 2.01. The van der Waals surface area contributed by atoms with E-state index in [1.165, 1.54) is 23.9 Å². The zero-order valence-corrected chi connectivity index (χ0v) is 9.07. The van der Waals surface area contributed by atoms with E-state index in [9.17, 15) is 4.39 Å². The Morgan fingerprint density at radius 2 is 1.93 bits per heavy atom. The number of thioether (sulfide) groups is 1. The van der Waals surface area contributed by atoms with Gasteiger partial charge in [0.25, 0.3) is 0 Å². The summed E-state index contributed by atoms with van der Waals surface area (Å²) in [4.78, 5) is 4.26. The summed E-state index contributed by atoms with van der Waals surface area (Å²) in [6.07, 6.45) is 1.94. The molecule has 14 heavy (non-hydrogen) atoms. The summed E-state index contributed by atoms with van der Waals surface area (Å²) in [6.45, 7) is 5.54. The molecule has 0 heterocycles. The molecule has 0 aromatic heterocycles. The third-order valence-corrected chi connectivity index (χ3v) is 2.29. The minimum atomic E-state index is -0.232. The zero-order valence-electron chi connectivity index (χ0n) is 8.25. The Morgan fingerprint density at radius 3 is 2.36 bits per heavy atom. The maximum Gasteiger partial charge on any atom is 0.123 e. The average Bonchev–Trinajstić information content (AvgIpc) is 2.15. The smallest absolute Gasteiger partial charge is 0.123 e. The standard InChI is InChI=1S/C11H12FNS/c1-8(2)13-11(14-3)9-4-6-10(12)7-5-9/h4-7H,1H2,2-3H3. The van der Waals surface area contributed by atoms with Gasteiger partial charge in [-0.2, -0.15) is 0 Å². The number of nitrogens with zero attached hydrogens (tertiary/aromatic N) is 1. The molecular weight excluding hydrogens is 197 g/mol. The van der Waals surface area contributed by atoms with Crippen molar-refractivity contribution in [3.05, 3.63) is 47.9 Å². The normalized spacial score (nSPS) is 11.5. The molecule has 0 aliphatic rings. The van der Waals surface area contributed by atoms with Gasteiger partial charge in [-0.25, -0.2) is 9.38 Å². The van der Waals surface area contributed by atoms with E-state index < -0.39 is 0 Å². The number of hydrogen-bond donors (Lipinski definition) is 0. The molecule has 1 rings (SSSR count). The molecule has 0 radical (unpaired) electrons. The summed E-state index contributed by atoms with van der Waals surface area (Å²) < 4.78 is 12.7. The largest absolute Gasteiger partial charge is 0.247 e. The first-order chi connectivity index (χ1) is 6.63. The number of halogens is 1. The van der Waals surface area contributed by atoms with Crippen molar-refractivity contribution in [3.8, 4) is 0 Å². The van der Waals surface area contributed by atoms with Crippen LogP contribution in [0.25, 0.3) is 0 Å². The van der Waals surface area contributed by atoms with Crippen molar-refractivity contribution in [3.63, 3.8) is 0 Å². The van der Waals surface area contributed by atoms with Gasteiger partial charge in [-0.1, -0.05) is 6.58 Å². The third kappa shape index (κ3) is 3.00. The van der Waals surface area contributed by atoms with E-state index in [-0.39, 0.29) is 5.82 Å². The van der Waals surface area contributed by atoms with Crippen LogP contribution >= 0.6 is 11.8 Å². The second-order valence-corrected chi connectivity index (χ2v) is 3.66. The topological polar surface area (TPSA) is 12.4 Å². The van der Waals surface area contributed by atoms with Crippen LogP contribution in [0, 0.1) is 5.82 Å². The summed E-state index contributed by atoms with van der Waals surface area (Å²) >= 11 is 1.52. The van der Waals surface area contributed by atoms with Crippen LogP contribution < -0.4 is 0 Å². The molecule has 0 aliphatic carbocycles. The van der Waals surface area contributed by atoms with Gasteiger partial charge in [-0.3, -0.25) is 0 Å². The SMILES string of the molecule is C=C(C)N=C(SC)c1ccc(F)cc1. The second-order valence-electron chi connectivity index (χ2n) is 2.86. The van der Waals surface area contributed by atoms with E-state index in [1.807, 2.05) is 13.2 Å². The summed E-state index contributed by atoms with van der Waals surface area (Å²) in [5, 5.41) is 0.859. The van der Waals surface area contributed by atoms with Crippen molar-refractivity contribution in [2.45, 2.75) is 6.92 Å². The minimum absolute atomic E-state index is 0.232. The van der Waals surface area contributed by atoms with Crippen LogP contribution in [0.2, 0.25) is 0 Å². The summed E-state index contributed by atoms with van der Waals surface area (Å²) in [5.74, 6) is -0.232. The molecule has 0 fully saturated rings. The van der Waals surface area contributed by atoms with E-state index >= 15 is 0 Å². The number of benzene rings is 1. The number of rotatable bonds is 2. The first-order valence-electron chi connectivity index (χ1n) is 4.17. The van der Waals surface area contributed by atoms with Gasteiger partial charge in [-0.05, 0) is 37.4 Å². The van der Waals surface area contributed by atoms with E-state index in [0.717, 1.165) is 16.3 Å². The highest BCUT2D eigenvalue weighted by Crippen LogP contribution is 2.13. The van der Waals surface area contributed by atoms with Crippen molar-refractivity contribution >= 4 is 16.8 Å². The predicted molar refractivity (Wildman–Crippen MR) is 61.3 cm³/mol. The number of aliphatic imine (C=N–C) groups is 1.